The number of halogens is 1. The van der Waals surface area contributed by atoms with Crippen LogP contribution in [0.3, 0.4) is 0 Å². The largest absolute Gasteiger partial charge is 0.341 e. The third-order valence-corrected chi connectivity index (χ3v) is 5.85. The number of imidazole rings is 1. The van der Waals surface area contributed by atoms with Gasteiger partial charge < -0.3 is 9.88 Å². The van der Waals surface area contributed by atoms with Crippen molar-refractivity contribution >= 4 is 5.91 Å². The molecule has 1 aromatic heterocycles. The van der Waals surface area contributed by atoms with E-state index in [1.54, 1.807) is 18.3 Å². The summed E-state index contributed by atoms with van der Waals surface area (Å²) in [4.78, 5) is 19.5. The first kappa shape index (κ1) is 20.3. The summed E-state index contributed by atoms with van der Waals surface area (Å²) < 4.78 is 15.3. The number of carbonyl (C=O) groups is 1. The first-order chi connectivity index (χ1) is 14.6. The monoisotopic (exact) mass is 406 g/mol. The third-order valence-electron chi connectivity index (χ3n) is 5.85. The zero-order valence-electron chi connectivity index (χ0n) is 17.2. The van der Waals surface area contributed by atoms with Crippen molar-refractivity contribution in [3.8, 4) is 0 Å². The summed E-state index contributed by atoms with van der Waals surface area (Å²) in [5, 5.41) is 3.10. The number of aryl methyl sites for hydroxylation is 1. The quantitative estimate of drug-likeness (QED) is 0.680. The van der Waals surface area contributed by atoms with Gasteiger partial charge >= 0.3 is 0 Å². The Hall–Kier alpha value is -2.99. The fourth-order valence-electron chi connectivity index (χ4n) is 4.17. The lowest BCUT2D eigenvalue weighted by atomic mass is 9.89. The zero-order valence-corrected chi connectivity index (χ0v) is 17.2. The average molecular weight is 407 g/mol. The van der Waals surface area contributed by atoms with Crippen LogP contribution < -0.4 is 5.32 Å². The van der Waals surface area contributed by atoms with E-state index in [-0.39, 0.29) is 11.7 Å². The molecule has 6 heteroatoms. The van der Waals surface area contributed by atoms with Gasteiger partial charge in [0.15, 0.2) is 0 Å². The van der Waals surface area contributed by atoms with Crippen molar-refractivity contribution < 1.29 is 9.18 Å². The van der Waals surface area contributed by atoms with Crippen LogP contribution in [0.25, 0.3) is 0 Å². The van der Waals surface area contributed by atoms with Crippen LogP contribution in [0.5, 0.6) is 0 Å². The number of hydrogen-bond acceptors (Lipinski definition) is 3. The molecule has 1 aliphatic heterocycles. The van der Waals surface area contributed by atoms with Gasteiger partial charge in [0.2, 0.25) is 5.91 Å². The molecule has 0 spiro atoms. The van der Waals surface area contributed by atoms with Gasteiger partial charge in [-0.15, -0.1) is 0 Å². The smallest absolute Gasteiger partial charge is 0.235 e. The van der Waals surface area contributed by atoms with Crippen LogP contribution >= 0.6 is 0 Å². The zero-order chi connectivity index (χ0) is 20.9. The Morgan fingerprint density at radius 3 is 2.47 bits per heavy atom. The molecule has 1 fully saturated rings. The van der Waals surface area contributed by atoms with Crippen LogP contribution in [-0.4, -0.2) is 40.0 Å². The first-order valence-corrected chi connectivity index (χ1v) is 10.4. The average Bonchev–Trinajstić information content (AvgIpc) is 3.19. The molecule has 1 N–H and O–H groups in total. The molecule has 3 aromatic rings. The summed E-state index contributed by atoms with van der Waals surface area (Å²) >= 11 is 0. The number of nitrogens with zero attached hydrogens (tertiary/aromatic N) is 3. The van der Waals surface area contributed by atoms with Crippen molar-refractivity contribution in [1.29, 1.82) is 0 Å². The van der Waals surface area contributed by atoms with Gasteiger partial charge in [-0.1, -0.05) is 42.5 Å². The minimum absolute atomic E-state index is 0.0505. The van der Waals surface area contributed by atoms with Crippen LogP contribution in [0, 0.1) is 5.82 Å². The highest BCUT2D eigenvalue weighted by Crippen LogP contribution is 2.27. The molecule has 2 heterocycles. The molecule has 0 radical (unpaired) electrons. The van der Waals surface area contributed by atoms with Gasteiger partial charge in [-0.25, -0.2) is 9.37 Å². The number of aromatic nitrogens is 2. The molecule has 1 saturated heterocycles. The lowest BCUT2D eigenvalue weighted by Crippen LogP contribution is -2.42. The minimum Gasteiger partial charge on any atom is -0.341 e. The van der Waals surface area contributed by atoms with Crippen molar-refractivity contribution in [2.24, 2.45) is 7.05 Å². The predicted molar refractivity (Wildman–Crippen MR) is 114 cm³/mol. The van der Waals surface area contributed by atoms with Crippen LogP contribution in [0.4, 0.5) is 4.39 Å². The van der Waals surface area contributed by atoms with E-state index >= 15 is 0 Å². The summed E-state index contributed by atoms with van der Waals surface area (Å²) in [6.45, 7) is 2.15. The van der Waals surface area contributed by atoms with Crippen LogP contribution in [0.1, 0.15) is 41.8 Å². The van der Waals surface area contributed by atoms with Gasteiger partial charge in [-0.3, -0.25) is 9.69 Å². The SMILES string of the molecule is Cn1ccnc1C(NC(=O)CN1CCC(c2ccccc2)CC1)c1ccc(F)cc1. The summed E-state index contributed by atoms with van der Waals surface area (Å²) in [6.07, 6.45) is 5.65. The maximum Gasteiger partial charge on any atom is 0.235 e. The highest BCUT2D eigenvalue weighted by Gasteiger charge is 2.25. The fourth-order valence-corrected chi connectivity index (χ4v) is 4.17. The van der Waals surface area contributed by atoms with E-state index in [4.69, 9.17) is 0 Å². The Morgan fingerprint density at radius 2 is 1.83 bits per heavy atom. The van der Waals surface area contributed by atoms with Crippen molar-refractivity contribution in [3.05, 3.63) is 89.8 Å². The van der Waals surface area contributed by atoms with Crippen molar-refractivity contribution in [3.63, 3.8) is 0 Å². The van der Waals surface area contributed by atoms with Crippen molar-refractivity contribution in [2.75, 3.05) is 19.6 Å². The van der Waals surface area contributed by atoms with Crippen molar-refractivity contribution in [1.82, 2.24) is 19.8 Å². The molecule has 2 aromatic carbocycles. The molecular formula is C24H27FN4O. The highest BCUT2D eigenvalue weighted by atomic mass is 19.1. The minimum atomic E-state index is -0.417. The molecule has 30 heavy (non-hydrogen) atoms. The van der Waals surface area contributed by atoms with E-state index in [0.29, 0.717) is 12.5 Å². The molecule has 1 amide bonds. The van der Waals surface area contributed by atoms with Gasteiger partial charge in [0.05, 0.1) is 6.54 Å². The Bertz CT molecular complexity index is 962. The highest BCUT2D eigenvalue weighted by molar-refractivity contribution is 5.79. The van der Waals surface area contributed by atoms with E-state index in [2.05, 4.69) is 39.5 Å². The number of nitrogens with one attached hydrogen (secondary N) is 1. The van der Waals surface area contributed by atoms with Gasteiger partial charge in [0.25, 0.3) is 0 Å². The Kier molecular flexibility index (Phi) is 6.23. The molecule has 0 saturated carbocycles. The second-order valence-electron chi connectivity index (χ2n) is 7.91. The number of likely N-dealkylation sites (tertiary alicyclic amines) is 1. The van der Waals surface area contributed by atoms with Crippen molar-refractivity contribution in [2.45, 2.75) is 24.8 Å². The predicted octanol–water partition coefficient (Wildman–Crippen LogP) is 3.64. The van der Waals surface area contributed by atoms with Crippen LogP contribution in [0.2, 0.25) is 0 Å². The van der Waals surface area contributed by atoms with Gasteiger partial charge in [0, 0.05) is 19.4 Å². The topological polar surface area (TPSA) is 50.2 Å². The van der Waals surface area contributed by atoms with Crippen LogP contribution in [-0.2, 0) is 11.8 Å². The van der Waals surface area contributed by atoms with Crippen LogP contribution in [0.15, 0.2) is 67.0 Å². The Labute approximate surface area is 176 Å². The van der Waals surface area contributed by atoms with E-state index in [0.717, 1.165) is 37.3 Å². The molecule has 0 bridgehead atoms. The maximum absolute atomic E-state index is 13.4. The normalized spacial score (nSPS) is 16.3. The molecule has 1 unspecified atom stereocenters. The van der Waals surface area contributed by atoms with E-state index in [9.17, 15) is 9.18 Å². The molecule has 0 aliphatic carbocycles. The maximum atomic E-state index is 13.4. The summed E-state index contributed by atoms with van der Waals surface area (Å²) in [6, 6.07) is 16.4. The van der Waals surface area contributed by atoms with E-state index in [1.807, 2.05) is 23.9 Å². The number of rotatable bonds is 6. The standard InChI is InChI=1S/C24H27FN4O/c1-28-16-13-26-24(28)23(20-7-9-21(25)10-8-20)27-22(30)17-29-14-11-19(12-15-29)18-5-3-2-4-6-18/h2-10,13,16,19,23H,11-12,14-15,17H2,1H3,(H,27,30). The number of hydrogen-bond donors (Lipinski definition) is 1. The van der Waals surface area contributed by atoms with Gasteiger partial charge in [0.1, 0.15) is 17.7 Å². The Balaban J connectivity index is 1.39. The molecule has 156 valence electrons. The molecular weight excluding hydrogens is 379 g/mol. The first-order valence-electron chi connectivity index (χ1n) is 10.4. The molecule has 1 aliphatic rings. The molecule has 5 nitrogen and oxygen atoms in total. The van der Waals surface area contributed by atoms with E-state index < -0.39 is 6.04 Å². The Morgan fingerprint density at radius 1 is 1.13 bits per heavy atom. The third kappa shape index (κ3) is 4.76. The number of carbonyl (C=O) groups excluding carboxylic acids is 1. The number of amides is 1. The fraction of sp³-hybridized carbons (Fsp3) is 0.333. The number of benzene rings is 2. The second kappa shape index (κ2) is 9.22. The summed E-state index contributed by atoms with van der Waals surface area (Å²) in [7, 11) is 1.89. The lowest BCUT2D eigenvalue weighted by molar-refractivity contribution is -0.123. The lowest BCUT2D eigenvalue weighted by Gasteiger charge is -2.32. The number of piperidine rings is 1. The van der Waals surface area contributed by atoms with E-state index in [1.165, 1.54) is 17.7 Å². The molecule has 1 atom stereocenters. The summed E-state index contributed by atoms with van der Waals surface area (Å²) in [5.41, 5.74) is 2.19. The van der Waals surface area contributed by atoms with Gasteiger partial charge in [-0.2, -0.15) is 0 Å². The summed E-state index contributed by atoms with van der Waals surface area (Å²) in [5.74, 6) is 0.929. The second-order valence-corrected chi connectivity index (χ2v) is 7.91. The molecule has 4 rings (SSSR count). The van der Waals surface area contributed by atoms with Gasteiger partial charge in [-0.05, 0) is 55.1 Å².